The summed E-state index contributed by atoms with van der Waals surface area (Å²) in [5, 5.41) is 14.4. The number of hydrogen-bond donors (Lipinski definition) is 2. The first-order chi connectivity index (χ1) is 11.5. The van der Waals surface area contributed by atoms with Crippen LogP contribution in [0, 0.1) is 0 Å². The zero-order chi connectivity index (χ0) is 17.5. The molecule has 0 aliphatic rings. The van der Waals surface area contributed by atoms with Crippen LogP contribution in [0.3, 0.4) is 0 Å². The zero-order valence-corrected chi connectivity index (χ0v) is 14.6. The zero-order valence-electron chi connectivity index (χ0n) is 13.8. The third-order valence-electron chi connectivity index (χ3n) is 3.02. The van der Waals surface area contributed by atoms with E-state index in [4.69, 9.17) is 4.74 Å². The van der Waals surface area contributed by atoms with Crippen LogP contribution in [0.5, 0.6) is 5.75 Å². The van der Waals surface area contributed by atoms with E-state index in [-0.39, 0.29) is 24.3 Å². The number of carbonyl (C=O) groups excluding carboxylic acids is 2. The van der Waals surface area contributed by atoms with Gasteiger partial charge in [0, 0.05) is 5.92 Å². The highest BCUT2D eigenvalue weighted by atomic mass is 32.1. The molecule has 0 spiro atoms. The minimum atomic E-state index is -0.366. The molecule has 0 radical (unpaired) electrons. The Bertz CT molecular complexity index is 715. The van der Waals surface area contributed by atoms with Crippen LogP contribution < -0.4 is 15.4 Å². The number of benzene rings is 1. The maximum atomic E-state index is 12.2. The number of ether oxygens (including phenoxy) is 1. The summed E-state index contributed by atoms with van der Waals surface area (Å²) in [4.78, 5) is 24.1. The highest BCUT2D eigenvalue weighted by molar-refractivity contribution is 7.15. The molecular formula is C16H20N4O3S. The van der Waals surface area contributed by atoms with Gasteiger partial charge in [0.05, 0.1) is 18.7 Å². The number of carbonyl (C=O) groups is 2. The van der Waals surface area contributed by atoms with Crippen molar-refractivity contribution in [2.24, 2.45) is 0 Å². The fourth-order valence-electron chi connectivity index (χ4n) is 1.87. The predicted octanol–water partition coefficient (Wildman–Crippen LogP) is 2.43. The summed E-state index contributed by atoms with van der Waals surface area (Å²) in [6, 6.07) is 6.90. The molecular weight excluding hydrogens is 328 g/mol. The molecule has 2 aromatic rings. The molecule has 0 bridgehead atoms. The lowest BCUT2D eigenvalue weighted by Gasteiger charge is -2.10. The van der Waals surface area contributed by atoms with Crippen molar-refractivity contribution in [3.8, 4) is 5.75 Å². The van der Waals surface area contributed by atoms with Gasteiger partial charge in [0.25, 0.3) is 5.91 Å². The molecule has 1 aromatic carbocycles. The van der Waals surface area contributed by atoms with Gasteiger partial charge >= 0.3 is 0 Å². The number of rotatable bonds is 7. The van der Waals surface area contributed by atoms with Crippen molar-refractivity contribution >= 4 is 28.3 Å². The lowest BCUT2D eigenvalue weighted by atomic mass is 10.2. The Kier molecular flexibility index (Phi) is 6.25. The average molecular weight is 348 g/mol. The molecule has 1 aromatic heterocycles. The van der Waals surface area contributed by atoms with Crippen LogP contribution in [0.25, 0.3) is 0 Å². The van der Waals surface area contributed by atoms with Crippen LogP contribution in [0.1, 0.15) is 42.1 Å². The Morgan fingerprint density at radius 3 is 2.67 bits per heavy atom. The van der Waals surface area contributed by atoms with Crippen LogP contribution in [0.4, 0.5) is 5.13 Å². The Labute approximate surface area is 144 Å². The number of para-hydroxylation sites is 1. The first-order valence-electron chi connectivity index (χ1n) is 7.64. The lowest BCUT2D eigenvalue weighted by molar-refractivity contribution is -0.115. The van der Waals surface area contributed by atoms with Crippen LogP contribution >= 0.6 is 11.3 Å². The second-order valence-corrected chi connectivity index (χ2v) is 6.27. The van der Waals surface area contributed by atoms with Crippen molar-refractivity contribution in [3.63, 3.8) is 0 Å². The normalized spacial score (nSPS) is 10.5. The van der Waals surface area contributed by atoms with Gasteiger partial charge in [0.2, 0.25) is 11.0 Å². The smallest absolute Gasteiger partial charge is 0.255 e. The topological polar surface area (TPSA) is 93.2 Å². The van der Waals surface area contributed by atoms with Crippen LogP contribution in [0.2, 0.25) is 0 Å². The number of hydrogen-bond acceptors (Lipinski definition) is 6. The summed E-state index contributed by atoms with van der Waals surface area (Å²) in [6.07, 6.45) is 0. The molecule has 7 nitrogen and oxygen atoms in total. The number of aromatic nitrogens is 2. The number of anilines is 1. The summed E-state index contributed by atoms with van der Waals surface area (Å²) < 4.78 is 5.41. The maximum Gasteiger partial charge on any atom is 0.255 e. The highest BCUT2D eigenvalue weighted by Crippen LogP contribution is 2.22. The van der Waals surface area contributed by atoms with Crippen molar-refractivity contribution in [1.29, 1.82) is 0 Å². The van der Waals surface area contributed by atoms with Crippen molar-refractivity contribution < 1.29 is 14.3 Å². The minimum Gasteiger partial charge on any atom is -0.493 e. The molecule has 0 saturated heterocycles. The number of nitrogens with zero attached hydrogens (tertiary/aromatic N) is 2. The largest absolute Gasteiger partial charge is 0.493 e. The van der Waals surface area contributed by atoms with Crippen LogP contribution in [0.15, 0.2) is 24.3 Å². The van der Waals surface area contributed by atoms with E-state index in [1.165, 1.54) is 11.3 Å². The van der Waals surface area contributed by atoms with Crippen molar-refractivity contribution in [2.45, 2.75) is 26.7 Å². The highest BCUT2D eigenvalue weighted by Gasteiger charge is 2.14. The van der Waals surface area contributed by atoms with Crippen molar-refractivity contribution in [2.75, 3.05) is 18.5 Å². The monoisotopic (exact) mass is 348 g/mol. The van der Waals surface area contributed by atoms with E-state index in [1.807, 2.05) is 20.8 Å². The Morgan fingerprint density at radius 1 is 1.25 bits per heavy atom. The standard InChI is InChI=1S/C16H20N4O3S/c1-4-23-12-8-6-5-7-11(12)14(22)17-9-13(21)18-16-20-19-15(24-16)10(2)3/h5-8,10H,4,9H2,1-3H3,(H,17,22)(H,18,20,21). The first kappa shape index (κ1) is 17.9. The molecule has 24 heavy (non-hydrogen) atoms. The van der Waals surface area contributed by atoms with Gasteiger partial charge < -0.3 is 10.1 Å². The van der Waals surface area contributed by atoms with Gasteiger partial charge in [-0.3, -0.25) is 14.9 Å². The molecule has 8 heteroatoms. The molecule has 128 valence electrons. The summed E-state index contributed by atoms with van der Waals surface area (Å²) >= 11 is 1.32. The second-order valence-electron chi connectivity index (χ2n) is 5.26. The predicted molar refractivity (Wildman–Crippen MR) is 92.6 cm³/mol. The van der Waals surface area contributed by atoms with Gasteiger partial charge in [-0.15, -0.1) is 10.2 Å². The van der Waals surface area contributed by atoms with Crippen LogP contribution in [-0.2, 0) is 4.79 Å². The molecule has 2 N–H and O–H groups in total. The average Bonchev–Trinajstić information content (AvgIpc) is 3.02. The van der Waals surface area contributed by atoms with E-state index in [0.717, 1.165) is 5.01 Å². The fourth-order valence-corrected chi connectivity index (χ4v) is 2.64. The summed E-state index contributed by atoms with van der Waals surface area (Å²) in [5.74, 6) is 0.0181. The van der Waals surface area contributed by atoms with E-state index >= 15 is 0 Å². The van der Waals surface area contributed by atoms with Gasteiger partial charge in [0.15, 0.2) is 0 Å². The molecule has 0 saturated carbocycles. The van der Waals surface area contributed by atoms with E-state index in [0.29, 0.717) is 23.1 Å². The summed E-state index contributed by atoms with van der Waals surface area (Å²) in [6.45, 7) is 6.15. The summed E-state index contributed by atoms with van der Waals surface area (Å²) in [7, 11) is 0. The minimum absolute atomic E-state index is 0.157. The molecule has 2 amide bonds. The van der Waals surface area contributed by atoms with E-state index in [9.17, 15) is 9.59 Å². The van der Waals surface area contributed by atoms with Gasteiger partial charge in [-0.25, -0.2) is 0 Å². The van der Waals surface area contributed by atoms with Crippen LogP contribution in [-0.4, -0.2) is 35.2 Å². The van der Waals surface area contributed by atoms with Gasteiger partial charge in [-0.2, -0.15) is 0 Å². The van der Waals surface area contributed by atoms with Gasteiger partial charge in [0.1, 0.15) is 10.8 Å². The fraction of sp³-hybridized carbons (Fsp3) is 0.375. The molecule has 0 fully saturated rings. The number of nitrogens with one attached hydrogen (secondary N) is 2. The molecule has 0 unspecified atom stereocenters. The SMILES string of the molecule is CCOc1ccccc1C(=O)NCC(=O)Nc1nnc(C(C)C)s1. The molecule has 0 aliphatic heterocycles. The molecule has 1 heterocycles. The lowest BCUT2D eigenvalue weighted by Crippen LogP contribution is -2.33. The van der Waals surface area contributed by atoms with E-state index in [1.54, 1.807) is 24.3 Å². The first-order valence-corrected chi connectivity index (χ1v) is 8.46. The Balaban J connectivity index is 1.90. The Morgan fingerprint density at radius 2 is 2.00 bits per heavy atom. The second kappa shape index (κ2) is 8.39. The van der Waals surface area contributed by atoms with Gasteiger partial charge in [-0.1, -0.05) is 37.3 Å². The molecule has 0 atom stereocenters. The third-order valence-corrected chi connectivity index (χ3v) is 4.16. The summed E-state index contributed by atoms with van der Waals surface area (Å²) in [5.41, 5.74) is 0.394. The molecule has 2 rings (SSSR count). The van der Waals surface area contributed by atoms with Gasteiger partial charge in [-0.05, 0) is 19.1 Å². The maximum absolute atomic E-state index is 12.2. The van der Waals surface area contributed by atoms with Crippen molar-refractivity contribution in [3.05, 3.63) is 34.8 Å². The number of amides is 2. The third kappa shape index (κ3) is 4.76. The molecule has 0 aliphatic carbocycles. The van der Waals surface area contributed by atoms with Crippen molar-refractivity contribution in [1.82, 2.24) is 15.5 Å². The quantitative estimate of drug-likeness (QED) is 0.801. The Hall–Kier alpha value is -2.48. The van der Waals surface area contributed by atoms with E-state index in [2.05, 4.69) is 20.8 Å². The van der Waals surface area contributed by atoms with E-state index < -0.39 is 0 Å².